The van der Waals surface area contributed by atoms with Crippen LogP contribution in [0.4, 0.5) is 5.95 Å². The molecule has 5 aromatic rings. The first-order chi connectivity index (χ1) is 22.3. The smallest absolute Gasteiger partial charge is 0.335 e. The Morgan fingerprint density at radius 1 is 0.936 bits per heavy atom. The van der Waals surface area contributed by atoms with Crippen molar-refractivity contribution in [2.75, 3.05) is 11.3 Å². The van der Waals surface area contributed by atoms with E-state index in [9.17, 15) is 18.3 Å². The number of benzene rings is 3. The molecule has 3 aromatic carbocycles. The molecule has 47 heavy (non-hydrogen) atoms. The summed E-state index contributed by atoms with van der Waals surface area (Å²) in [5, 5.41) is 15.2. The van der Waals surface area contributed by atoms with Crippen molar-refractivity contribution in [2.45, 2.75) is 58.5 Å². The number of carboxylic acid groups (broad SMARTS) is 1. The fraction of sp³-hybridized carbons (Fsp3) is 0.278. The Kier molecular flexibility index (Phi) is 9.88. The van der Waals surface area contributed by atoms with Gasteiger partial charge in [0.15, 0.2) is 0 Å². The highest BCUT2D eigenvalue weighted by atomic mass is 32.2. The van der Waals surface area contributed by atoms with Gasteiger partial charge in [-0.15, -0.1) is 0 Å². The number of nitrogens with one attached hydrogen (secondary N) is 2. The number of anilines is 1. The Bertz CT molecular complexity index is 2000. The van der Waals surface area contributed by atoms with Crippen LogP contribution in [-0.4, -0.2) is 47.1 Å². The average Bonchev–Trinajstić information content (AvgIpc) is 3.01. The summed E-state index contributed by atoms with van der Waals surface area (Å²) in [6, 6.07) is 22.7. The van der Waals surface area contributed by atoms with Crippen LogP contribution in [0.3, 0.4) is 0 Å². The van der Waals surface area contributed by atoms with Gasteiger partial charge in [-0.05, 0) is 66.5 Å². The quantitative estimate of drug-likeness (QED) is 0.133. The van der Waals surface area contributed by atoms with E-state index in [1.165, 1.54) is 18.2 Å². The maximum atomic E-state index is 13.4. The van der Waals surface area contributed by atoms with E-state index in [1.54, 1.807) is 6.07 Å². The number of ether oxygens (including phenoxy) is 1. The van der Waals surface area contributed by atoms with E-state index in [0.717, 1.165) is 45.6 Å². The molecule has 3 N–H and O–H groups in total. The highest BCUT2D eigenvalue weighted by molar-refractivity contribution is 7.92. The van der Waals surface area contributed by atoms with Crippen molar-refractivity contribution in [3.05, 3.63) is 107 Å². The van der Waals surface area contributed by atoms with Gasteiger partial charge in [0.25, 0.3) is 10.0 Å². The SMILES string of the molecule is Cc1cccc(C)c1-c1cc(OC[C@@H](CC(C)(C)C)NCc2nccc3ccccc23)nc(NS(=O)(=O)c2cccc(C(=O)O)c2)n1. The lowest BCUT2D eigenvalue weighted by atomic mass is 9.88. The van der Waals surface area contributed by atoms with Gasteiger partial charge in [0.05, 0.1) is 21.8 Å². The number of rotatable bonds is 12. The molecule has 0 aliphatic rings. The monoisotopic (exact) mass is 653 g/mol. The zero-order valence-corrected chi connectivity index (χ0v) is 27.9. The number of sulfonamides is 1. The van der Waals surface area contributed by atoms with Crippen molar-refractivity contribution < 1.29 is 23.1 Å². The molecular formula is C36H39N5O5S. The molecule has 10 nitrogen and oxygen atoms in total. The summed E-state index contributed by atoms with van der Waals surface area (Å²) >= 11 is 0. The van der Waals surface area contributed by atoms with E-state index in [0.29, 0.717) is 12.2 Å². The number of aryl methyl sites for hydroxylation is 2. The van der Waals surface area contributed by atoms with Crippen LogP contribution in [0.2, 0.25) is 0 Å². The second-order valence-electron chi connectivity index (χ2n) is 12.8. The summed E-state index contributed by atoms with van der Waals surface area (Å²) in [5.74, 6) is -1.24. The number of nitrogens with zero attached hydrogens (tertiary/aromatic N) is 3. The standard InChI is InChI=1S/C36H39N5O5S/c1-23-10-8-11-24(2)33(23)30-19-32(40-35(39-30)41-47(44,45)28-14-9-13-26(18-28)34(42)43)46-22-27(20-36(3,4)5)38-21-31-29-15-7-6-12-25(29)16-17-37-31/h6-19,27,38H,20-22H2,1-5H3,(H,42,43)(H,39,40,41)/t27-/m1/s1. The first-order valence-corrected chi connectivity index (χ1v) is 16.8. The number of carboxylic acids is 1. The van der Waals surface area contributed by atoms with Crippen LogP contribution in [0.15, 0.2) is 90.0 Å². The molecule has 0 amide bonds. The molecule has 2 aromatic heterocycles. The molecule has 5 rings (SSSR count). The molecule has 0 unspecified atom stereocenters. The lowest BCUT2D eigenvalue weighted by Crippen LogP contribution is -2.37. The minimum Gasteiger partial charge on any atom is -0.478 e. The Balaban J connectivity index is 1.45. The molecule has 0 saturated carbocycles. The van der Waals surface area contributed by atoms with Gasteiger partial charge in [-0.3, -0.25) is 4.98 Å². The van der Waals surface area contributed by atoms with Crippen molar-refractivity contribution in [2.24, 2.45) is 5.41 Å². The molecule has 2 heterocycles. The molecular weight excluding hydrogens is 614 g/mol. The fourth-order valence-corrected chi connectivity index (χ4v) is 6.54. The zero-order chi connectivity index (χ0) is 33.8. The maximum Gasteiger partial charge on any atom is 0.335 e. The summed E-state index contributed by atoms with van der Waals surface area (Å²) < 4.78 is 35.5. The molecule has 244 valence electrons. The molecule has 1 atom stereocenters. The highest BCUT2D eigenvalue weighted by Crippen LogP contribution is 2.30. The third-order valence-electron chi connectivity index (χ3n) is 7.66. The maximum absolute atomic E-state index is 13.4. The number of aromatic nitrogens is 3. The Hall–Kier alpha value is -4.87. The molecule has 0 radical (unpaired) electrons. The van der Waals surface area contributed by atoms with Crippen LogP contribution in [0.5, 0.6) is 5.88 Å². The summed E-state index contributed by atoms with van der Waals surface area (Å²) in [5.41, 5.74) is 3.98. The Labute approximate surface area is 275 Å². The third kappa shape index (κ3) is 8.49. The number of hydrogen-bond donors (Lipinski definition) is 3. The second-order valence-corrected chi connectivity index (χ2v) is 14.4. The van der Waals surface area contributed by atoms with Crippen LogP contribution in [0.1, 0.15) is 54.4 Å². The van der Waals surface area contributed by atoms with Crippen LogP contribution in [-0.2, 0) is 16.6 Å². The molecule has 0 saturated heterocycles. The van der Waals surface area contributed by atoms with Crippen molar-refractivity contribution in [1.29, 1.82) is 0 Å². The van der Waals surface area contributed by atoms with Crippen LogP contribution < -0.4 is 14.8 Å². The number of aromatic carboxylic acids is 1. The normalized spacial score (nSPS) is 12.5. The topological polar surface area (TPSA) is 143 Å². The van der Waals surface area contributed by atoms with E-state index in [-0.39, 0.29) is 40.4 Å². The average molecular weight is 654 g/mol. The van der Waals surface area contributed by atoms with Gasteiger partial charge in [0.2, 0.25) is 11.8 Å². The van der Waals surface area contributed by atoms with Gasteiger partial charge in [-0.1, -0.05) is 69.3 Å². The van der Waals surface area contributed by atoms with Crippen LogP contribution in [0.25, 0.3) is 22.0 Å². The van der Waals surface area contributed by atoms with Crippen molar-refractivity contribution >= 4 is 32.7 Å². The van der Waals surface area contributed by atoms with E-state index < -0.39 is 16.0 Å². The highest BCUT2D eigenvalue weighted by Gasteiger charge is 2.23. The Morgan fingerprint density at radius 2 is 1.66 bits per heavy atom. The summed E-state index contributed by atoms with van der Waals surface area (Å²) in [4.78, 5) is 24.9. The minimum atomic E-state index is -4.23. The summed E-state index contributed by atoms with van der Waals surface area (Å²) in [7, 11) is -4.23. The fourth-order valence-electron chi connectivity index (χ4n) is 5.55. The number of hydrogen-bond acceptors (Lipinski definition) is 8. The van der Waals surface area contributed by atoms with E-state index in [4.69, 9.17) is 4.74 Å². The third-order valence-corrected chi connectivity index (χ3v) is 8.99. The van der Waals surface area contributed by atoms with E-state index in [1.807, 2.05) is 56.4 Å². The second kappa shape index (κ2) is 13.9. The van der Waals surface area contributed by atoms with Gasteiger partial charge in [0, 0.05) is 35.8 Å². The van der Waals surface area contributed by atoms with Gasteiger partial charge < -0.3 is 15.2 Å². The molecule has 0 fully saturated rings. The van der Waals surface area contributed by atoms with E-state index >= 15 is 0 Å². The molecule has 11 heteroatoms. The Morgan fingerprint density at radius 3 is 2.38 bits per heavy atom. The van der Waals surface area contributed by atoms with Gasteiger partial charge in [0.1, 0.15) is 6.61 Å². The largest absolute Gasteiger partial charge is 0.478 e. The molecule has 0 spiro atoms. The molecule has 0 aliphatic heterocycles. The zero-order valence-electron chi connectivity index (χ0n) is 27.1. The summed E-state index contributed by atoms with van der Waals surface area (Å²) in [6.45, 7) is 11.2. The number of fused-ring (bicyclic) bond motifs is 1. The first-order valence-electron chi connectivity index (χ1n) is 15.3. The van der Waals surface area contributed by atoms with Crippen molar-refractivity contribution in [3.63, 3.8) is 0 Å². The van der Waals surface area contributed by atoms with Crippen molar-refractivity contribution in [1.82, 2.24) is 20.3 Å². The van der Waals surface area contributed by atoms with E-state index in [2.05, 4.69) is 57.9 Å². The first kappa shape index (κ1) is 33.5. The van der Waals surface area contributed by atoms with Gasteiger partial charge in [-0.25, -0.2) is 22.9 Å². The van der Waals surface area contributed by atoms with Crippen molar-refractivity contribution in [3.8, 4) is 17.1 Å². The van der Waals surface area contributed by atoms with Crippen LogP contribution in [0, 0.1) is 19.3 Å². The molecule has 0 aliphatic carbocycles. The number of pyridine rings is 1. The predicted molar refractivity (Wildman–Crippen MR) is 183 cm³/mol. The lowest BCUT2D eigenvalue weighted by molar-refractivity contribution is 0.0696. The minimum absolute atomic E-state index is 0.0202. The van der Waals surface area contributed by atoms with Crippen LogP contribution >= 0.6 is 0 Å². The van der Waals surface area contributed by atoms with Gasteiger partial charge >= 0.3 is 5.97 Å². The predicted octanol–water partition coefficient (Wildman–Crippen LogP) is 6.78. The lowest BCUT2D eigenvalue weighted by Gasteiger charge is -2.27. The molecule has 0 bridgehead atoms. The van der Waals surface area contributed by atoms with Gasteiger partial charge in [-0.2, -0.15) is 4.98 Å². The number of carbonyl (C=O) groups is 1. The summed E-state index contributed by atoms with van der Waals surface area (Å²) in [6.07, 6.45) is 2.59.